The van der Waals surface area contributed by atoms with Crippen LogP contribution in [0.5, 0.6) is 17.2 Å². The highest BCUT2D eigenvalue weighted by molar-refractivity contribution is 6.46. The van der Waals surface area contributed by atoms with Crippen LogP contribution in [0.4, 0.5) is 0 Å². The molecule has 36 heavy (non-hydrogen) atoms. The summed E-state index contributed by atoms with van der Waals surface area (Å²) in [6.45, 7) is 2.42. The van der Waals surface area contributed by atoms with Gasteiger partial charge in [-0.15, -0.1) is 0 Å². The van der Waals surface area contributed by atoms with Crippen LogP contribution in [0.25, 0.3) is 5.76 Å². The minimum absolute atomic E-state index is 0.0416. The molecule has 1 fully saturated rings. The Morgan fingerprint density at radius 3 is 2.58 bits per heavy atom. The summed E-state index contributed by atoms with van der Waals surface area (Å²) in [5, 5.41) is 11.4. The van der Waals surface area contributed by atoms with Gasteiger partial charge in [0.1, 0.15) is 29.1 Å². The first-order chi connectivity index (χ1) is 17.5. The Morgan fingerprint density at radius 1 is 1.03 bits per heavy atom. The lowest BCUT2D eigenvalue weighted by Crippen LogP contribution is -2.32. The van der Waals surface area contributed by atoms with Gasteiger partial charge in [0.25, 0.3) is 11.7 Å². The van der Waals surface area contributed by atoms with E-state index < -0.39 is 17.7 Å². The molecule has 2 aliphatic heterocycles. The highest BCUT2D eigenvalue weighted by Gasteiger charge is 2.46. The fraction of sp³-hybridized carbons (Fsp3) is 0.241. The van der Waals surface area contributed by atoms with E-state index in [1.54, 1.807) is 30.3 Å². The maximum absolute atomic E-state index is 13.2. The third-order valence-electron chi connectivity index (χ3n) is 6.40. The number of carbonyl (C=O) groups excluding carboxylic acids is 2. The number of rotatable bonds is 7. The van der Waals surface area contributed by atoms with E-state index in [-0.39, 0.29) is 30.6 Å². The average molecular weight is 486 g/mol. The second-order valence-corrected chi connectivity index (χ2v) is 8.93. The number of ether oxygens (including phenoxy) is 3. The molecule has 7 heteroatoms. The number of carbonyl (C=O) groups is 2. The van der Waals surface area contributed by atoms with Gasteiger partial charge >= 0.3 is 0 Å². The Morgan fingerprint density at radius 2 is 1.81 bits per heavy atom. The van der Waals surface area contributed by atoms with Crippen molar-refractivity contribution in [1.82, 2.24) is 4.90 Å². The summed E-state index contributed by atoms with van der Waals surface area (Å²) in [4.78, 5) is 27.7. The zero-order valence-corrected chi connectivity index (χ0v) is 20.1. The van der Waals surface area contributed by atoms with Crippen molar-refractivity contribution in [3.63, 3.8) is 0 Å². The molecule has 0 unspecified atom stereocenters. The molecular weight excluding hydrogens is 458 g/mol. The molecule has 2 heterocycles. The van der Waals surface area contributed by atoms with E-state index in [4.69, 9.17) is 14.2 Å². The minimum Gasteiger partial charge on any atom is -0.507 e. The first-order valence-corrected chi connectivity index (χ1v) is 11.9. The van der Waals surface area contributed by atoms with Gasteiger partial charge in [0, 0.05) is 25.6 Å². The molecule has 0 spiro atoms. The van der Waals surface area contributed by atoms with Gasteiger partial charge in [0.05, 0.1) is 18.2 Å². The van der Waals surface area contributed by atoms with Crippen LogP contribution in [0.3, 0.4) is 0 Å². The zero-order chi connectivity index (χ0) is 25.2. The van der Waals surface area contributed by atoms with Crippen LogP contribution in [0.1, 0.15) is 29.7 Å². The molecule has 0 bridgehead atoms. The first kappa shape index (κ1) is 23.6. The van der Waals surface area contributed by atoms with E-state index in [0.717, 1.165) is 11.3 Å². The Labute approximate surface area is 209 Å². The Bertz CT molecular complexity index is 1330. The largest absolute Gasteiger partial charge is 0.507 e. The van der Waals surface area contributed by atoms with E-state index in [1.807, 2.05) is 49.4 Å². The van der Waals surface area contributed by atoms with Gasteiger partial charge in [0.2, 0.25) is 0 Å². The number of ketones is 1. The highest BCUT2D eigenvalue weighted by atomic mass is 16.5. The van der Waals surface area contributed by atoms with Gasteiger partial charge in [-0.3, -0.25) is 9.59 Å². The molecule has 2 atom stereocenters. The Hall–Kier alpha value is -4.10. The summed E-state index contributed by atoms with van der Waals surface area (Å²) in [6, 6.07) is 21.1. The number of hydrogen-bond donors (Lipinski definition) is 1. The van der Waals surface area contributed by atoms with Gasteiger partial charge < -0.3 is 24.2 Å². The van der Waals surface area contributed by atoms with Gasteiger partial charge in [-0.05, 0) is 60.5 Å². The molecule has 1 amide bonds. The first-order valence-electron chi connectivity index (χ1n) is 11.9. The fourth-order valence-corrected chi connectivity index (χ4v) is 4.74. The van der Waals surface area contributed by atoms with E-state index in [1.165, 1.54) is 12.0 Å². The predicted molar refractivity (Wildman–Crippen MR) is 134 cm³/mol. The number of hydrogen-bond acceptors (Lipinski definition) is 6. The van der Waals surface area contributed by atoms with E-state index in [0.29, 0.717) is 29.0 Å². The van der Waals surface area contributed by atoms with E-state index >= 15 is 0 Å². The Balaban J connectivity index is 1.58. The zero-order valence-electron chi connectivity index (χ0n) is 20.1. The van der Waals surface area contributed by atoms with Crippen LogP contribution in [0.2, 0.25) is 0 Å². The van der Waals surface area contributed by atoms with E-state index in [9.17, 15) is 14.7 Å². The van der Waals surface area contributed by atoms with Crippen molar-refractivity contribution in [3.05, 3.63) is 95.1 Å². The highest BCUT2D eigenvalue weighted by Crippen LogP contribution is 2.41. The lowest BCUT2D eigenvalue weighted by atomic mass is 9.94. The maximum Gasteiger partial charge on any atom is 0.295 e. The number of fused-ring (bicyclic) bond motifs is 1. The number of likely N-dealkylation sites (tertiary alicyclic amines) is 1. The molecule has 3 aromatic carbocycles. The summed E-state index contributed by atoms with van der Waals surface area (Å²) < 4.78 is 16.9. The monoisotopic (exact) mass is 485 g/mol. The van der Waals surface area contributed by atoms with Crippen LogP contribution in [-0.4, -0.2) is 48.1 Å². The SMILES string of the molecule is COCCN1C(=O)C(=O)C(=C(O)c2ccc3c(c2)C[C@H](C)O3)[C@@H]1c1cccc(Oc2ccccc2)c1. The smallest absolute Gasteiger partial charge is 0.295 e. The average Bonchev–Trinajstić information content (AvgIpc) is 3.38. The fourth-order valence-electron chi connectivity index (χ4n) is 4.74. The van der Waals surface area contributed by atoms with Gasteiger partial charge in [-0.1, -0.05) is 30.3 Å². The molecule has 0 radical (unpaired) electrons. The van der Waals surface area contributed by atoms with Crippen LogP contribution < -0.4 is 9.47 Å². The van der Waals surface area contributed by atoms with Gasteiger partial charge in [0.15, 0.2) is 0 Å². The predicted octanol–water partition coefficient (Wildman–Crippen LogP) is 4.87. The van der Waals surface area contributed by atoms with Crippen molar-refractivity contribution >= 4 is 17.4 Å². The molecule has 0 aromatic heterocycles. The lowest BCUT2D eigenvalue weighted by molar-refractivity contribution is -0.140. The lowest BCUT2D eigenvalue weighted by Gasteiger charge is -2.25. The normalized spacial score (nSPS) is 20.3. The van der Waals surface area contributed by atoms with E-state index in [2.05, 4.69) is 0 Å². The number of nitrogens with zero attached hydrogens (tertiary/aromatic N) is 1. The van der Waals surface area contributed by atoms with Crippen molar-refractivity contribution in [2.75, 3.05) is 20.3 Å². The number of aliphatic hydroxyl groups excluding tert-OH is 1. The van der Waals surface area contributed by atoms with Crippen molar-refractivity contribution in [2.45, 2.75) is 25.5 Å². The minimum atomic E-state index is -0.789. The number of amides is 1. The summed E-state index contributed by atoms with van der Waals surface area (Å²) >= 11 is 0. The third kappa shape index (κ3) is 4.45. The third-order valence-corrected chi connectivity index (χ3v) is 6.40. The van der Waals surface area contributed by atoms with Crippen molar-refractivity contribution in [1.29, 1.82) is 0 Å². The molecule has 0 aliphatic carbocycles. The van der Waals surface area contributed by atoms with Crippen molar-refractivity contribution in [3.8, 4) is 17.2 Å². The van der Waals surface area contributed by atoms with Crippen molar-refractivity contribution < 1.29 is 28.9 Å². The summed E-state index contributed by atoms with van der Waals surface area (Å²) in [6.07, 6.45) is 0.755. The van der Waals surface area contributed by atoms with Crippen LogP contribution in [0.15, 0.2) is 78.4 Å². The van der Waals surface area contributed by atoms with Crippen molar-refractivity contribution in [2.24, 2.45) is 0 Å². The standard InChI is InChI=1S/C29H27NO6/c1-18-15-21-16-20(11-12-24(21)35-18)27(31)25-26(30(13-14-34-2)29(33)28(25)32)19-7-6-10-23(17-19)36-22-8-4-3-5-9-22/h3-12,16-18,26,31H,13-15H2,1-2H3/t18-,26-/m0/s1. The second-order valence-electron chi connectivity index (χ2n) is 8.93. The number of benzene rings is 3. The van der Waals surface area contributed by atoms with Crippen LogP contribution >= 0.6 is 0 Å². The molecule has 5 rings (SSSR count). The summed E-state index contributed by atoms with van der Waals surface area (Å²) in [7, 11) is 1.54. The number of Topliss-reactive ketones (excluding diaryl/α,β-unsaturated/α-hetero) is 1. The number of aliphatic hydroxyl groups is 1. The van der Waals surface area contributed by atoms with Crippen LogP contribution in [-0.2, 0) is 20.7 Å². The van der Waals surface area contributed by atoms with Crippen LogP contribution in [0, 0.1) is 0 Å². The molecule has 2 aliphatic rings. The van der Waals surface area contributed by atoms with Gasteiger partial charge in [-0.2, -0.15) is 0 Å². The molecule has 0 saturated carbocycles. The second kappa shape index (κ2) is 9.87. The molecule has 7 nitrogen and oxygen atoms in total. The molecule has 1 saturated heterocycles. The topological polar surface area (TPSA) is 85.3 Å². The molecule has 1 N–H and O–H groups in total. The molecule has 3 aromatic rings. The maximum atomic E-state index is 13.2. The molecule has 184 valence electrons. The molecular formula is C29H27NO6. The summed E-state index contributed by atoms with van der Waals surface area (Å²) in [5.74, 6) is 0.369. The number of methoxy groups -OCH3 is 1. The quantitative estimate of drug-likeness (QED) is 0.292. The Kier molecular flexibility index (Phi) is 6.48. The summed E-state index contributed by atoms with van der Waals surface area (Å²) in [5.41, 5.74) is 2.12. The van der Waals surface area contributed by atoms with Gasteiger partial charge in [-0.25, -0.2) is 0 Å². The number of para-hydroxylation sites is 1.